The summed E-state index contributed by atoms with van der Waals surface area (Å²) in [6.07, 6.45) is 1.90. The van der Waals surface area contributed by atoms with Crippen molar-refractivity contribution in [1.82, 2.24) is 0 Å². The van der Waals surface area contributed by atoms with E-state index < -0.39 is 11.2 Å². The molecule has 0 fully saturated rings. The number of hydrogen-bond acceptors (Lipinski definition) is 5. The number of hydrogen-bond donors (Lipinski definition) is 0. The molecule has 1 aliphatic carbocycles. The summed E-state index contributed by atoms with van der Waals surface area (Å²) in [6, 6.07) is 7.03. The van der Waals surface area contributed by atoms with Gasteiger partial charge in [-0.3, -0.25) is 4.79 Å². The van der Waals surface area contributed by atoms with Gasteiger partial charge in [0, 0.05) is 21.7 Å². The minimum Gasteiger partial charge on any atom is -0.492 e. The summed E-state index contributed by atoms with van der Waals surface area (Å²) in [5.41, 5.74) is 1.34. The molecular formula is C22H26ClNO4. The van der Waals surface area contributed by atoms with E-state index >= 15 is 0 Å². The van der Waals surface area contributed by atoms with E-state index in [-0.39, 0.29) is 17.1 Å². The largest absolute Gasteiger partial charge is 0.492 e. The smallest absolute Gasteiger partial charge is 0.399 e. The highest BCUT2D eigenvalue weighted by Crippen LogP contribution is 2.47. The number of carbonyl (C=O) groups is 1. The van der Waals surface area contributed by atoms with Gasteiger partial charge in [0.1, 0.15) is 0 Å². The summed E-state index contributed by atoms with van der Waals surface area (Å²) in [4.78, 5) is 19.3. The van der Waals surface area contributed by atoms with Gasteiger partial charge in [0.2, 0.25) is 0 Å². The van der Waals surface area contributed by atoms with Crippen molar-refractivity contribution >= 4 is 23.3 Å². The van der Waals surface area contributed by atoms with Crippen LogP contribution in [0.25, 0.3) is 0 Å². The Labute approximate surface area is 171 Å². The Hall–Kier alpha value is -2.27. The SMILES string of the molecule is COC1=C(C(C)(C)C)C=C(C(C)(C)C)C(=O)C12ON=C(c1cccc(Cl)c1)O2. The Kier molecular flexibility index (Phi) is 4.87. The third kappa shape index (κ3) is 3.32. The molecule has 1 unspecified atom stereocenters. The molecule has 5 nitrogen and oxygen atoms in total. The van der Waals surface area contributed by atoms with Gasteiger partial charge in [-0.1, -0.05) is 59.2 Å². The molecule has 1 atom stereocenters. The van der Waals surface area contributed by atoms with Gasteiger partial charge in [-0.15, -0.1) is 0 Å². The van der Waals surface area contributed by atoms with Crippen molar-refractivity contribution in [1.29, 1.82) is 0 Å². The summed E-state index contributed by atoms with van der Waals surface area (Å²) >= 11 is 6.09. The van der Waals surface area contributed by atoms with Crippen LogP contribution in [0.15, 0.2) is 52.4 Å². The average molecular weight is 404 g/mol. The number of rotatable bonds is 2. The molecule has 0 saturated carbocycles. The number of allylic oxidation sites excluding steroid dienone is 2. The molecule has 2 aliphatic rings. The summed E-state index contributed by atoms with van der Waals surface area (Å²) in [7, 11) is 1.51. The zero-order chi connectivity index (χ0) is 20.9. The maximum atomic E-state index is 13.6. The van der Waals surface area contributed by atoms with E-state index in [4.69, 9.17) is 25.9 Å². The fourth-order valence-corrected chi connectivity index (χ4v) is 3.47. The lowest BCUT2D eigenvalue weighted by molar-refractivity contribution is -0.177. The second-order valence-electron chi connectivity index (χ2n) is 9.05. The first-order chi connectivity index (χ1) is 12.9. The number of halogens is 1. The second-order valence-corrected chi connectivity index (χ2v) is 9.49. The molecule has 28 heavy (non-hydrogen) atoms. The van der Waals surface area contributed by atoms with Crippen LogP contribution >= 0.6 is 11.6 Å². The van der Waals surface area contributed by atoms with Crippen molar-refractivity contribution in [3.63, 3.8) is 0 Å². The van der Waals surface area contributed by atoms with Crippen LogP contribution in [0.4, 0.5) is 0 Å². The first kappa shape index (κ1) is 20.5. The van der Waals surface area contributed by atoms with Gasteiger partial charge in [0.25, 0.3) is 11.7 Å². The van der Waals surface area contributed by atoms with Crippen molar-refractivity contribution < 1.29 is 19.1 Å². The average Bonchev–Trinajstić information content (AvgIpc) is 3.01. The van der Waals surface area contributed by atoms with Gasteiger partial charge < -0.3 is 14.3 Å². The number of nitrogens with zero attached hydrogens (tertiary/aromatic N) is 1. The van der Waals surface area contributed by atoms with Crippen molar-refractivity contribution in [3.05, 3.63) is 57.8 Å². The molecule has 1 spiro atoms. The molecule has 0 bridgehead atoms. The maximum Gasteiger partial charge on any atom is 0.399 e. The quantitative estimate of drug-likeness (QED) is 0.677. The van der Waals surface area contributed by atoms with Crippen molar-refractivity contribution in [2.45, 2.75) is 47.3 Å². The molecule has 6 heteroatoms. The van der Waals surface area contributed by atoms with Crippen molar-refractivity contribution in [2.24, 2.45) is 16.0 Å². The Bertz CT molecular complexity index is 915. The molecule has 0 aromatic heterocycles. The van der Waals surface area contributed by atoms with E-state index in [1.54, 1.807) is 24.3 Å². The summed E-state index contributed by atoms with van der Waals surface area (Å²) in [6.45, 7) is 12.1. The van der Waals surface area contributed by atoms with Gasteiger partial charge >= 0.3 is 5.79 Å². The van der Waals surface area contributed by atoms with Gasteiger partial charge in [-0.2, -0.15) is 0 Å². The molecule has 150 valence electrons. The molecule has 0 N–H and O–H groups in total. The molecule has 1 aliphatic heterocycles. The first-order valence-electron chi connectivity index (χ1n) is 9.17. The minimum atomic E-state index is -1.77. The van der Waals surface area contributed by atoms with Gasteiger partial charge in [-0.25, -0.2) is 0 Å². The van der Waals surface area contributed by atoms with E-state index in [0.29, 0.717) is 21.9 Å². The highest BCUT2D eigenvalue weighted by atomic mass is 35.5. The van der Waals surface area contributed by atoms with Crippen LogP contribution in [-0.4, -0.2) is 24.6 Å². The Morgan fingerprint density at radius 2 is 1.79 bits per heavy atom. The predicted molar refractivity (Wildman–Crippen MR) is 109 cm³/mol. The van der Waals surface area contributed by atoms with E-state index in [1.165, 1.54) is 7.11 Å². The third-order valence-corrected chi connectivity index (χ3v) is 5.00. The van der Waals surface area contributed by atoms with Gasteiger partial charge in [0.15, 0.2) is 5.76 Å². The van der Waals surface area contributed by atoms with Gasteiger partial charge in [-0.05, 0) is 40.3 Å². The highest BCUT2D eigenvalue weighted by molar-refractivity contribution is 6.31. The molecule has 1 heterocycles. The number of Topliss-reactive ketones (excluding diaryl/α,β-unsaturated/α-hetero) is 1. The Morgan fingerprint density at radius 3 is 2.32 bits per heavy atom. The number of methoxy groups -OCH3 is 1. The predicted octanol–water partition coefficient (Wildman–Crippen LogP) is 5.25. The van der Waals surface area contributed by atoms with Crippen LogP contribution < -0.4 is 0 Å². The van der Waals surface area contributed by atoms with E-state index in [2.05, 4.69) is 25.9 Å². The molecule has 0 saturated heterocycles. The van der Waals surface area contributed by atoms with E-state index in [0.717, 1.165) is 5.57 Å². The third-order valence-electron chi connectivity index (χ3n) is 4.77. The van der Waals surface area contributed by atoms with Crippen LogP contribution in [0, 0.1) is 10.8 Å². The molecule has 1 aromatic rings. The Balaban J connectivity index is 2.15. The normalized spacial score (nSPS) is 22.6. The molecule has 0 amide bonds. The lowest BCUT2D eigenvalue weighted by atomic mass is 9.72. The number of ketones is 1. The Morgan fingerprint density at radius 1 is 1.11 bits per heavy atom. The summed E-state index contributed by atoms with van der Waals surface area (Å²) < 4.78 is 11.8. The van der Waals surface area contributed by atoms with Crippen LogP contribution in [0.2, 0.25) is 5.02 Å². The molecular weight excluding hydrogens is 378 g/mol. The molecule has 0 radical (unpaired) electrons. The van der Waals surface area contributed by atoms with Crippen LogP contribution in [0.1, 0.15) is 47.1 Å². The monoisotopic (exact) mass is 403 g/mol. The summed E-state index contributed by atoms with van der Waals surface area (Å²) in [5.74, 6) is -1.58. The number of benzene rings is 1. The maximum absolute atomic E-state index is 13.6. The van der Waals surface area contributed by atoms with Gasteiger partial charge in [0.05, 0.1) is 7.11 Å². The number of oxime groups is 1. The first-order valence-corrected chi connectivity index (χ1v) is 9.55. The van der Waals surface area contributed by atoms with E-state index in [1.807, 2.05) is 26.8 Å². The lowest BCUT2D eigenvalue weighted by Crippen LogP contribution is -2.49. The van der Waals surface area contributed by atoms with Crippen LogP contribution in [-0.2, 0) is 19.1 Å². The fraction of sp³-hybridized carbons (Fsp3) is 0.455. The second kappa shape index (κ2) is 6.66. The fourth-order valence-electron chi connectivity index (χ4n) is 3.28. The van der Waals surface area contributed by atoms with E-state index in [9.17, 15) is 4.79 Å². The topological polar surface area (TPSA) is 57.1 Å². The molecule has 1 aromatic carbocycles. The highest BCUT2D eigenvalue weighted by Gasteiger charge is 2.60. The zero-order valence-corrected chi connectivity index (χ0v) is 18.1. The van der Waals surface area contributed by atoms with Crippen molar-refractivity contribution in [3.8, 4) is 0 Å². The molecule has 3 rings (SSSR count). The lowest BCUT2D eigenvalue weighted by Gasteiger charge is -2.38. The standard InChI is InChI=1S/C22H26ClNO4/c1-20(2,3)15-12-16(21(4,5)6)18(26-7)22(17(15)25)27-19(24-28-22)13-9-8-10-14(23)11-13/h8-12H,1-7H3. The summed E-state index contributed by atoms with van der Waals surface area (Å²) in [5, 5.41) is 4.61. The number of ether oxygens (including phenoxy) is 2. The van der Waals surface area contributed by atoms with Crippen LogP contribution in [0.5, 0.6) is 0 Å². The van der Waals surface area contributed by atoms with Crippen LogP contribution in [0.3, 0.4) is 0 Å². The zero-order valence-electron chi connectivity index (χ0n) is 17.3. The number of carbonyl (C=O) groups excluding carboxylic acids is 1. The van der Waals surface area contributed by atoms with Crippen molar-refractivity contribution in [2.75, 3.05) is 7.11 Å². The minimum absolute atomic E-state index is 0.189.